The van der Waals surface area contributed by atoms with E-state index in [0.717, 1.165) is 32.3 Å². The number of benzene rings is 5. The minimum absolute atomic E-state index is 0.117. The highest BCUT2D eigenvalue weighted by molar-refractivity contribution is 7.20. The lowest BCUT2D eigenvalue weighted by Gasteiger charge is -2.14. The van der Waals surface area contributed by atoms with E-state index in [-0.39, 0.29) is 12.2 Å². The number of nitrogens with zero attached hydrogens (tertiary/aromatic N) is 1. The summed E-state index contributed by atoms with van der Waals surface area (Å²) in [6.45, 7) is 0.558. The van der Waals surface area contributed by atoms with Gasteiger partial charge < -0.3 is 19.3 Å². The van der Waals surface area contributed by atoms with Crippen LogP contribution in [0.3, 0.4) is 0 Å². The molecule has 246 valence electrons. The number of carbonyl (C=O) groups is 1. The highest BCUT2D eigenvalue weighted by atomic mass is 35.5. The number of halogens is 1. The molecule has 0 aliphatic heterocycles. The lowest BCUT2D eigenvalue weighted by atomic mass is 10.0. The maximum Gasteiger partial charge on any atom is 0.336 e. The van der Waals surface area contributed by atoms with Crippen molar-refractivity contribution < 1.29 is 24.1 Å². The smallest absolute Gasteiger partial charge is 0.336 e. The van der Waals surface area contributed by atoms with Gasteiger partial charge in [0.1, 0.15) is 24.7 Å². The Morgan fingerprint density at radius 3 is 2.02 bits per heavy atom. The molecule has 0 atom stereocenters. The van der Waals surface area contributed by atoms with Gasteiger partial charge in [-0.2, -0.15) is 0 Å². The third-order valence-electron chi connectivity index (χ3n) is 7.95. The van der Waals surface area contributed by atoms with Crippen molar-refractivity contribution in [3.63, 3.8) is 0 Å². The Morgan fingerprint density at radius 1 is 0.720 bits per heavy atom. The Bertz CT molecular complexity index is 2250. The molecule has 2 aromatic heterocycles. The molecule has 7 aromatic rings. The van der Waals surface area contributed by atoms with E-state index in [4.69, 9.17) is 25.8 Å². The number of aromatic nitrogens is 1. The van der Waals surface area contributed by atoms with Crippen LogP contribution in [-0.2, 0) is 18.0 Å². The average molecular weight is 696 g/mol. The zero-order valence-corrected chi connectivity index (χ0v) is 28.2. The van der Waals surface area contributed by atoms with Crippen molar-refractivity contribution in [1.29, 1.82) is 0 Å². The first-order valence-electron chi connectivity index (χ1n) is 15.8. The zero-order valence-electron chi connectivity index (χ0n) is 26.7. The van der Waals surface area contributed by atoms with E-state index in [2.05, 4.69) is 41.4 Å². The molecular formula is C42H30ClNO5S. The summed E-state index contributed by atoms with van der Waals surface area (Å²) in [5, 5.41) is 11.6. The average Bonchev–Trinajstić information content (AvgIpc) is 3.49. The van der Waals surface area contributed by atoms with E-state index in [9.17, 15) is 9.90 Å². The van der Waals surface area contributed by atoms with Crippen molar-refractivity contribution in [2.24, 2.45) is 0 Å². The number of hydrogen-bond acceptors (Lipinski definition) is 6. The first-order valence-corrected chi connectivity index (χ1v) is 17.0. The molecule has 6 nitrogen and oxygen atoms in total. The minimum Gasteiger partial charge on any atom is -0.487 e. The zero-order chi connectivity index (χ0) is 34.3. The number of fused-ring (bicyclic) bond motifs is 1. The van der Waals surface area contributed by atoms with Crippen molar-refractivity contribution in [2.45, 2.75) is 13.2 Å². The number of carboxylic acids is 1. The lowest BCUT2D eigenvalue weighted by Crippen LogP contribution is -2.00. The van der Waals surface area contributed by atoms with Crippen LogP contribution < -0.4 is 14.2 Å². The van der Waals surface area contributed by atoms with E-state index >= 15 is 0 Å². The molecule has 7 rings (SSSR count). The fourth-order valence-corrected chi connectivity index (χ4v) is 6.63. The van der Waals surface area contributed by atoms with Gasteiger partial charge in [-0.25, -0.2) is 4.79 Å². The van der Waals surface area contributed by atoms with Crippen LogP contribution in [-0.4, -0.2) is 16.1 Å². The van der Waals surface area contributed by atoms with Crippen molar-refractivity contribution in [1.82, 2.24) is 4.98 Å². The predicted molar refractivity (Wildman–Crippen MR) is 200 cm³/mol. The van der Waals surface area contributed by atoms with Crippen LogP contribution in [0.25, 0.3) is 32.9 Å². The van der Waals surface area contributed by atoms with Gasteiger partial charge in [-0.05, 0) is 76.4 Å². The molecule has 0 bridgehead atoms. The van der Waals surface area contributed by atoms with Crippen molar-refractivity contribution in [2.75, 3.05) is 0 Å². The summed E-state index contributed by atoms with van der Waals surface area (Å²) in [5.41, 5.74) is 4.84. The second-order valence-corrected chi connectivity index (χ2v) is 12.9. The summed E-state index contributed by atoms with van der Waals surface area (Å²) >= 11 is 7.54. The molecule has 0 aliphatic carbocycles. The normalized spacial score (nSPS) is 11.3. The van der Waals surface area contributed by atoms with Gasteiger partial charge in [0, 0.05) is 33.6 Å². The van der Waals surface area contributed by atoms with Crippen LogP contribution in [0.1, 0.15) is 21.6 Å². The molecular weight excluding hydrogens is 666 g/mol. The maximum atomic E-state index is 12.5. The van der Waals surface area contributed by atoms with Crippen molar-refractivity contribution in [3.05, 3.63) is 172 Å². The van der Waals surface area contributed by atoms with E-state index in [1.165, 1.54) is 11.3 Å². The first kappa shape index (κ1) is 32.6. The SMILES string of the molecule is O=C(O)/C(=C/c1sc2cc(OCc3ccc(-c4ccccc4)cc3)c(Oc3ccccc3)cc2c1OCc1ccc(Cl)cc1)c1ccncc1. The summed E-state index contributed by atoms with van der Waals surface area (Å²) in [7, 11) is 0. The fraction of sp³-hybridized carbons (Fsp3) is 0.0476. The molecule has 0 spiro atoms. The molecule has 0 saturated heterocycles. The number of para-hydroxylation sites is 1. The number of carboxylic acid groups (broad SMARTS) is 1. The second kappa shape index (κ2) is 15.1. The largest absolute Gasteiger partial charge is 0.487 e. The third kappa shape index (κ3) is 7.70. The van der Waals surface area contributed by atoms with E-state index in [1.54, 1.807) is 30.6 Å². The predicted octanol–water partition coefficient (Wildman–Crippen LogP) is 11.2. The van der Waals surface area contributed by atoms with E-state index in [1.807, 2.05) is 84.9 Å². The quantitative estimate of drug-likeness (QED) is 0.128. The molecule has 1 N–H and O–H groups in total. The first-order chi connectivity index (χ1) is 24.5. The van der Waals surface area contributed by atoms with E-state index < -0.39 is 5.97 Å². The maximum absolute atomic E-state index is 12.5. The summed E-state index contributed by atoms with van der Waals surface area (Å²) in [4.78, 5) is 17.2. The van der Waals surface area contributed by atoms with Crippen molar-refractivity contribution >= 4 is 50.6 Å². The molecule has 8 heteroatoms. The van der Waals surface area contributed by atoms with Crippen LogP contribution in [0.15, 0.2) is 146 Å². The monoisotopic (exact) mass is 695 g/mol. The third-order valence-corrected chi connectivity index (χ3v) is 9.29. The number of aliphatic carboxylic acids is 1. The fourth-order valence-electron chi connectivity index (χ4n) is 5.41. The van der Waals surface area contributed by atoms with Gasteiger partial charge in [-0.15, -0.1) is 11.3 Å². The number of thiophene rings is 1. The Morgan fingerprint density at radius 2 is 1.34 bits per heavy atom. The summed E-state index contributed by atoms with van der Waals surface area (Å²) in [5.74, 6) is 1.17. The number of hydrogen-bond donors (Lipinski definition) is 1. The van der Waals surface area contributed by atoms with Gasteiger partial charge >= 0.3 is 5.97 Å². The van der Waals surface area contributed by atoms with Gasteiger partial charge in [-0.3, -0.25) is 4.98 Å². The van der Waals surface area contributed by atoms with Gasteiger partial charge in [0.05, 0.1) is 10.5 Å². The Hall–Kier alpha value is -5.89. The highest BCUT2D eigenvalue weighted by Gasteiger charge is 2.20. The Balaban J connectivity index is 1.29. The molecule has 0 aliphatic rings. The van der Waals surface area contributed by atoms with Crippen LogP contribution in [0.2, 0.25) is 5.02 Å². The summed E-state index contributed by atoms with van der Waals surface area (Å²) < 4.78 is 20.2. The number of rotatable bonds is 12. The minimum atomic E-state index is -1.06. The second-order valence-electron chi connectivity index (χ2n) is 11.4. The lowest BCUT2D eigenvalue weighted by molar-refractivity contribution is -0.130. The molecule has 0 saturated carbocycles. The number of ether oxygens (including phenoxy) is 3. The summed E-state index contributed by atoms with van der Waals surface area (Å²) in [6, 6.07) is 42.6. The molecule has 0 unspecified atom stereocenters. The topological polar surface area (TPSA) is 77.9 Å². The Kier molecular flexibility index (Phi) is 9.87. The molecule has 0 amide bonds. The Labute approximate surface area is 298 Å². The standard InChI is InChI=1S/C42H30ClNO5S/c43-33-17-13-29(14-18-33)27-48-41-36-23-38(49-34-9-5-2-6-10-34)37(47-26-28-11-15-31(16-12-28)30-7-3-1-4-8-30)25-39(36)50-40(41)24-35(42(45)46)32-19-21-44-22-20-32/h1-25H,26-27H2,(H,45,46)/b35-24+. The van der Waals surface area contributed by atoms with Crippen LogP contribution in [0, 0.1) is 0 Å². The van der Waals surface area contributed by atoms with E-state index in [0.29, 0.717) is 45.1 Å². The molecule has 5 aromatic carbocycles. The summed E-state index contributed by atoms with van der Waals surface area (Å²) in [6.07, 6.45) is 4.79. The van der Waals surface area contributed by atoms with Crippen LogP contribution >= 0.6 is 22.9 Å². The van der Waals surface area contributed by atoms with Gasteiger partial charge in [0.25, 0.3) is 0 Å². The highest BCUT2D eigenvalue weighted by Crippen LogP contribution is 2.46. The number of pyridine rings is 1. The van der Waals surface area contributed by atoms with Crippen molar-refractivity contribution in [3.8, 4) is 34.1 Å². The van der Waals surface area contributed by atoms with Crippen LogP contribution in [0.4, 0.5) is 0 Å². The van der Waals surface area contributed by atoms with Gasteiger partial charge in [-0.1, -0.05) is 96.5 Å². The molecule has 50 heavy (non-hydrogen) atoms. The van der Waals surface area contributed by atoms with Gasteiger partial charge in [0.2, 0.25) is 0 Å². The van der Waals surface area contributed by atoms with Gasteiger partial charge in [0.15, 0.2) is 11.5 Å². The molecule has 2 heterocycles. The molecule has 0 radical (unpaired) electrons. The molecule has 0 fully saturated rings. The van der Waals surface area contributed by atoms with Crippen LogP contribution in [0.5, 0.6) is 23.0 Å².